The zero-order valence-electron chi connectivity index (χ0n) is 8.61. The maximum Gasteiger partial charge on any atom is 0.228 e. The van der Waals surface area contributed by atoms with Gasteiger partial charge in [-0.15, -0.1) is 11.6 Å². The largest absolute Gasteiger partial charge is 0.305 e. The smallest absolute Gasteiger partial charge is 0.228 e. The van der Waals surface area contributed by atoms with Crippen LogP contribution in [-0.4, -0.2) is 56.1 Å². The Bertz CT molecular complexity index is 279. The van der Waals surface area contributed by atoms with Crippen LogP contribution in [0.3, 0.4) is 0 Å². The van der Waals surface area contributed by atoms with E-state index < -0.39 is 10.0 Å². The molecule has 1 rings (SSSR count). The van der Waals surface area contributed by atoms with E-state index in [0.29, 0.717) is 19.1 Å². The van der Waals surface area contributed by atoms with E-state index >= 15 is 0 Å². The Morgan fingerprint density at radius 2 is 2.14 bits per heavy atom. The van der Waals surface area contributed by atoms with Crippen molar-refractivity contribution in [2.45, 2.75) is 18.9 Å². The van der Waals surface area contributed by atoms with E-state index in [1.165, 1.54) is 4.31 Å². The van der Waals surface area contributed by atoms with Crippen LogP contribution in [0, 0.1) is 0 Å². The van der Waals surface area contributed by atoms with Crippen molar-refractivity contribution in [2.75, 3.05) is 32.4 Å². The van der Waals surface area contributed by atoms with Crippen molar-refractivity contribution in [3.63, 3.8) is 0 Å². The van der Waals surface area contributed by atoms with Gasteiger partial charge in [-0.25, -0.2) is 8.42 Å². The first kappa shape index (κ1) is 12.2. The third-order valence-corrected chi connectivity index (χ3v) is 4.84. The highest BCUT2D eigenvalue weighted by Crippen LogP contribution is 2.17. The molecule has 6 heteroatoms. The molecule has 14 heavy (non-hydrogen) atoms. The average Bonchev–Trinajstić information content (AvgIpc) is 2.18. The summed E-state index contributed by atoms with van der Waals surface area (Å²) in [6, 6.07) is 0.321. The Kier molecular flexibility index (Phi) is 4.18. The Hall–Kier alpha value is 0.160. The molecule has 0 aromatic heterocycles. The molecule has 84 valence electrons. The maximum atomic E-state index is 11.5. The molecule has 1 saturated heterocycles. The third kappa shape index (κ3) is 2.82. The molecule has 1 aliphatic heterocycles. The molecular formula is C8H17ClN2O2S. The molecule has 4 nitrogen and oxygen atoms in total. The van der Waals surface area contributed by atoms with Gasteiger partial charge in [-0.3, -0.25) is 0 Å². The third-order valence-electron chi connectivity index (χ3n) is 2.62. The van der Waals surface area contributed by atoms with Gasteiger partial charge in [0, 0.05) is 19.1 Å². The van der Waals surface area contributed by atoms with E-state index in [1.807, 2.05) is 14.1 Å². The van der Waals surface area contributed by atoms with Crippen LogP contribution in [0.5, 0.6) is 0 Å². The van der Waals surface area contributed by atoms with Crippen molar-refractivity contribution in [1.82, 2.24) is 9.21 Å². The predicted molar refractivity (Wildman–Crippen MR) is 57.9 cm³/mol. The summed E-state index contributed by atoms with van der Waals surface area (Å²) in [6.45, 7) is 1.18. The number of alkyl halides is 1. The lowest BCUT2D eigenvalue weighted by atomic mass is 10.1. The topological polar surface area (TPSA) is 40.6 Å². The molecule has 0 aliphatic carbocycles. The van der Waals surface area contributed by atoms with Crippen LogP contribution in [0.4, 0.5) is 0 Å². The number of piperidine rings is 1. The monoisotopic (exact) mass is 240 g/mol. The van der Waals surface area contributed by atoms with E-state index in [4.69, 9.17) is 11.6 Å². The summed E-state index contributed by atoms with van der Waals surface area (Å²) in [7, 11) is 0.732. The van der Waals surface area contributed by atoms with Crippen molar-refractivity contribution in [1.29, 1.82) is 0 Å². The molecule has 1 aliphatic rings. The SMILES string of the molecule is CN(C)C1CCCN(S(=O)(=O)CCl)C1. The van der Waals surface area contributed by atoms with E-state index in [2.05, 4.69) is 4.90 Å². The molecule has 0 N–H and O–H groups in total. The van der Waals surface area contributed by atoms with Crippen molar-refractivity contribution >= 4 is 21.6 Å². The van der Waals surface area contributed by atoms with Gasteiger partial charge in [0.2, 0.25) is 10.0 Å². The fourth-order valence-electron chi connectivity index (χ4n) is 1.66. The van der Waals surface area contributed by atoms with E-state index in [-0.39, 0.29) is 5.21 Å². The van der Waals surface area contributed by atoms with Gasteiger partial charge in [-0.05, 0) is 26.9 Å². The lowest BCUT2D eigenvalue weighted by molar-refractivity contribution is 0.191. The molecule has 1 unspecified atom stereocenters. The molecule has 1 atom stereocenters. The molecule has 0 amide bonds. The van der Waals surface area contributed by atoms with Gasteiger partial charge in [0.25, 0.3) is 0 Å². The van der Waals surface area contributed by atoms with Gasteiger partial charge < -0.3 is 4.90 Å². The van der Waals surface area contributed by atoms with Crippen LogP contribution < -0.4 is 0 Å². The number of nitrogens with zero attached hydrogens (tertiary/aromatic N) is 2. The second kappa shape index (κ2) is 4.79. The lowest BCUT2D eigenvalue weighted by Gasteiger charge is -2.34. The zero-order valence-corrected chi connectivity index (χ0v) is 10.2. The maximum absolute atomic E-state index is 11.5. The Balaban J connectivity index is 2.65. The quantitative estimate of drug-likeness (QED) is 0.676. The van der Waals surface area contributed by atoms with E-state index in [9.17, 15) is 8.42 Å². The molecule has 0 radical (unpaired) electrons. The highest BCUT2D eigenvalue weighted by atomic mass is 35.5. The number of halogens is 1. The summed E-state index contributed by atoms with van der Waals surface area (Å²) in [4.78, 5) is 2.07. The molecule has 0 aromatic rings. The summed E-state index contributed by atoms with van der Waals surface area (Å²) in [5.74, 6) is 0. The Labute approximate surface area is 90.9 Å². The van der Waals surface area contributed by atoms with Crippen LogP contribution in [0.2, 0.25) is 0 Å². The van der Waals surface area contributed by atoms with Crippen molar-refractivity contribution in [2.24, 2.45) is 0 Å². The summed E-state index contributed by atoms with van der Waals surface area (Å²) >= 11 is 5.41. The average molecular weight is 241 g/mol. The summed E-state index contributed by atoms with van der Waals surface area (Å²) in [6.07, 6.45) is 1.97. The number of sulfonamides is 1. The minimum atomic E-state index is -3.22. The molecule has 0 aromatic carbocycles. The number of hydrogen-bond acceptors (Lipinski definition) is 3. The van der Waals surface area contributed by atoms with Gasteiger partial charge in [0.05, 0.1) is 0 Å². The van der Waals surface area contributed by atoms with Crippen molar-refractivity contribution in [3.8, 4) is 0 Å². The summed E-state index contributed by atoms with van der Waals surface area (Å²) < 4.78 is 24.5. The molecule has 0 bridgehead atoms. The Morgan fingerprint density at radius 1 is 1.50 bits per heavy atom. The molecule has 0 spiro atoms. The predicted octanol–water partition coefficient (Wildman–Crippen LogP) is 0.538. The van der Waals surface area contributed by atoms with Gasteiger partial charge in [-0.1, -0.05) is 0 Å². The number of likely N-dealkylation sites (N-methyl/N-ethyl adjacent to an activating group) is 1. The molecule has 1 fully saturated rings. The lowest BCUT2D eigenvalue weighted by Crippen LogP contribution is -2.47. The van der Waals surface area contributed by atoms with Gasteiger partial charge >= 0.3 is 0 Å². The minimum Gasteiger partial charge on any atom is -0.305 e. The van der Waals surface area contributed by atoms with Crippen LogP contribution in [-0.2, 0) is 10.0 Å². The van der Waals surface area contributed by atoms with Crippen LogP contribution >= 0.6 is 11.6 Å². The van der Waals surface area contributed by atoms with Gasteiger partial charge in [-0.2, -0.15) is 4.31 Å². The summed E-state index contributed by atoms with van der Waals surface area (Å²) in [5.41, 5.74) is 0. The first-order chi connectivity index (χ1) is 6.47. The number of hydrogen-bond donors (Lipinski definition) is 0. The van der Waals surface area contributed by atoms with E-state index in [0.717, 1.165) is 12.8 Å². The molecule has 1 heterocycles. The van der Waals surface area contributed by atoms with Crippen LogP contribution in [0.1, 0.15) is 12.8 Å². The fourth-order valence-corrected chi connectivity index (χ4v) is 3.02. The number of rotatable bonds is 3. The minimum absolute atomic E-state index is 0.312. The summed E-state index contributed by atoms with van der Waals surface area (Å²) in [5, 5.41) is -0.312. The first-order valence-corrected chi connectivity index (χ1v) is 6.82. The van der Waals surface area contributed by atoms with Crippen molar-refractivity contribution in [3.05, 3.63) is 0 Å². The van der Waals surface area contributed by atoms with Gasteiger partial charge in [0.1, 0.15) is 5.21 Å². The second-order valence-electron chi connectivity index (χ2n) is 3.84. The van der Waals surface area contributed by atoms with E-state index in [1.54, 1.807) is 0 Å². The second-order valence-corrected chi connectivity index (χ2v) is 6.39. The normalized spacial score (nSPS) is 25.6. The fraction of sp³-hybridized carbons (Fsp3) is 1.00. The standard InChI is InChI=1S/C8H17ClN2O2S/c1-10(2)8-4-3-5-11(6-8)14(12,13)7-9/h8H,3-7H2,1-2H3. The van der Waals surface area contributed by atoms with Crippen LogP contribution in [0.15, 0.2) is 0 Å². The highest BCUT2D eigenvalue weighted by Gasteiger charge is 2.28. The first-order valence-electron chi connectivity index (χ1n) is 4.67. The molecular weight excluding hydrogens is 224 g/mol. The van der Waals surface area contributed by atoms with Crippen LogP contribution in [0.25, 0.3) is 0 Å². The molecule has 0 saturated carbocycles. The van der Waals surface area contributed by atoms with Crippen molar-refractivity contribution < 1.29 is 8.42 Å². The van der Waals surface area contributed by atoms with Gasteiger partial charge in [0.15, 0.2) is 0 Å². The Morgan fingerprint density at radius 3 is 2.64 bits per heavy atom. The zero-order chi connectivity index (χ0) is 10.8. The highest BCUT2D eigenvalue weighted by molar-refractivity contribution is 7.90.